The number of hydrogen-bond acceptors (Lipinski definition) is 3. The molecule has 0 aromatic carbocycles. The highest BCUT2D eigenvalue weighted by atomic mass is 32.2. The fourth-order valence-corrected chi connectivity index (χ4v) is 3.19. The summed E-state index contributed by atoms with van der Waals surface area (Å²) in [5, 5.41) is 0. The first-order valence-electron chi connectivity index (χ1n) is 5.68. The molecule has 2 aliphatic rings. The van der Waals surface area contributed by atoms with Gasteiger partial charge in [0.15, 0.2) is 0 Å². The van der Waals surface area contributed by atoms with Gasteiger partial charge in [-0.25, -0.2) is 0 Å². The van der Waals surface area contributed by atoms with E-state index in [9.17, 15) is 0 Å². The van der Waals surface area contributed by atoms with Gasteiger partial charge in [0.05, 0.1) is 0 Å². The first kappa shape index (κ1) is 10.8. The topological polar surface area (TPSA) is 6.48 Å². The van der Waals surface area contributed by atoms with E-state index in [1.807, 2.05) is 11.9 Å². The van der Waals surface area contributed by atoms with Crippen LogP contribution in [0.3, 0.4) is 0 Å². The third kappa shape index (κ3) is 1.95. The van der Waals surface area contributed by atoms with Gasteiger partial charge in [0, 0.05) is 32.2 Å². The van der Waals surface area contributed by atoms with Crippen molar-refractivity contribution in [1.82, 2.24) is 9.21 Å². The maximum Gasteiger partial charge on any atom is 0.00954 e. The fraction of sp³-hybridized carbons (Fsp3) is 1.00. The van der Waals surface area contributed by atoms with Crippen LogP contribution < -0.4 is 0 Å². The minimum Gasteiger partial charge on any atom is -0.300 e. The molecule has 0 N–H and O–H groups in total. The van der Waals surface area contributed by atoms with Crippen LogP contribution in [-0.2, 0) is 0 Å². The van der Waals surface area contributed by atoms with Crippen molar-refractivity contribution in [3.63, 3.8) is 0 Å². The normalized spacial score (nSPS) is 28.3. The Bertz CT molecular complexity index is 189. The summed E-state index contributed by atoms with van der Waals surface area (Å²) in [6.07, 6.45) is 5.02. The molecule has 0 aromatic heterocycles. The molecule has 0 bridgehead atoms. The molecular formula is C11H22N2S. The van der Waals surface area contributed by atoms with Gasteiger partial charge in [0.1, 0.15) is 0 Å². The van der Waals surface area contributed by atoms with Crippen molar-refractivity contribution >= 4 is 11.9 Å². The first-order chi connectivity index (χ1) is 6.65. The molecule has 0 unspecified atom stereocenters. The molecule has 2 aliphatic heterocycles. The van der Waals surface area contributed by atoms with Gasteiger partial charge in [0.25, 0.3) is 0 Å². The molecule has 0 saturated carbocycles. The van der Waals surface area contributed by atoms with Crippen LogP contribution in [0.5, 0.6) is 0 Å². The predicted molar refractivity (Wildman–Crippen MR) is 63.5 cm³/mol. The number of hydrogen-bond donors (Lipinski definition) is 0. The Balaban J connectivity index is 1.80. The quantitative estimate of drug-likeness (QED) is 0.650. The molecule has 2 nitrogen and oxygen atoms in total. The standard InChI is InChI=1S/C11H22N2S/c1-10(2)12-8-11(9-12)4-6-13(14-3)7-5-11/h10H,4-9H2,1-3H3. The van der Waals surface area contributed by atoms with Crippen molar-refractivity contribution in [3.8, 4) is 0 Å². The molecule has 3 heteroatoms. The maximum atomic E-state index is 2.61. The van der Waals surface area contributed by atoms with Gasteiger partial charge in [0.2, 0.25) is 0 Å². The molecule has 0 aromatic rings. The molecule has 2 fully saturated rings. The van der Waals surface area contributed by atoms with E-state index in [0.29, 0.717) is 5.41 Å². The monoisotopic (exact) mass is 214 g/mol. The number of rotatable bonds is 2. The Hall–Kier alpha value is 0.270. The van der Waals surface area contributed by atoms with Crippen molar-refractivity contribution in [2.24, 2.45) is 5.41 Å². The summed E-state index contributed by atoms with van der Waals surface area (Å²) in [6.45, 7) is 9.92. The average Bonchev–Trinajstić information content (AvgIpc) is 2.14. The molecule has 0 aliphatic carbocycles. The lowest BCUT2D eigenvalue weighted by atomic mass is 9.72. The van der Waals surface area contributed by atoms with E-state index in [2.05, 4.69) is 29.3 Å². The fourth-order valence-electron chi connectivity index (χ4n) is 2.64. The molecule has 0 amide bonds. The van der Waals surface area contributed by atoms with Gasteiger partial charge in [-0.05, 0) is 38.4 Å². The molecule has 2 saturated heterocycles. The number of likely N-dealkylation sites (tertiary alicyclic amines) is 1. The van der Waals surface area contributed by atoms with Crippen LogP contribution in [0.4, 0.5) is 0 Å². The van der Waals surface area contributed by atoms with Gasteiger partial charge in [-0.3, -0.25) is 9.21 Å². The lowest BCUT2D eigenvalue weighted by Crippen LogP contribution is -2.61. The second kappa shape index (κ2) is 4.03. The first-order valence-corrected chi connectivity index (χ1v) is 6.86. The highest BCUT2D eigenvalue weighted by Gasteiger charge is 2.45. The third-order valence-corrected chi connectivity index (χ3v) is 4.73. The van der Waals surface area contributed by atoms with Crippen LogP contribution in [0.25, 0.3) is 0 Å². The molecule has 1 spiro atoms. The predicted octanol–water partition coefficient (Wildman–Crippen LogP) is 2.07. The zero-order chi connectivity index (χ0) is 10.2. The van der Waals surface area contributed by atoms with Crippen LogP contribution in [0.1, 0.15) is 26.7 Å². The zero-order valence-electron chi connectivity index (χ0n) is 9.62. The van der Waals surface area contributed by atoms with E-state index >= 15 is 0 Å². The molecule has 14 heavy (non-hydrogen) atoms. The van der Waals surface area contributed by atoms with Gasteiger partial charge in [-0.15, -0.1) is 0 Å². The summed E-state index contributed by atoms with van der Waals surface area (Å²) < 4.78 is 2.50. The van der Waals surface area contributed by atoms with Crippen LogP contribution in [0.15, 0.2) is 0 Å². The summed E-state index contributed by atoms with van der Waals surface area (Å²) in [6, 6.07) is 0.749. The summed E-state index contributed by atoms with van der Waals surface area (Å²) in [5.74, 6) is 0. The Morgan fingerprint density at radius 3 is 2.14 bits per heavy atom. The second-order valence-corrected chi connectivity index (χ2v) is 5.99. The Labute approximate surface area is 92.2 Å². The molecule has 2 heterocycles. The van der Waals surface area contributed by atoms with Gasteiger partial charge in [-0.1, -0.05) is 11.9 Å². The van der Waals surface area contributed by atoms with E-state index in [-0.39, 0.29) is 0 Å². The highest BCUT2D eigenvalue weighted by Crippen LogP contribution is 2.42. The molecule has 82 valence electrons. The highest BCUT2D eigenvalue weighted by molar-refractivity contribution is 7.96. The maximum absolute atomic E-state index is 2.61. The lowest BCUT2D eigenvalue weighted by molar-refractivity contribution is -0.0508. The molecule has 2 rings (SSSR count). The van der Waals surface area contributed by atoms with E-state index < -0.39 is 0 Å². The van der Waals surface area contributed by atoms with Crippen LogP contribution in [-0.4, -0.2) is 47.7 Å². The van der Waals surface area contributed by atoms with E-state index in [0.717, 1.165) is 6.04 Å². The zero-order valence-corrected chi connectivity index (χ0v) is 10.4. The van der Waals surface area contributed by atoms with E-state index in [4.69, 9.17) is 0 Å². The van der Waals surface area contributed by atoms with Crippen LogP contribution >= 0.6 is 11.9 Å². The Morgan fingerprint density at radius 2 is 1.71 bits per heavy atom. The Morgan fingerprint density at radius 1 is 1.14 bits per heavy atom. The van der Waals surface area contributed by atoms with E-state index in [1.165, 1.54) is 39.0 Å². The van der Waals surface area contributed by atoms with Gasteiger partial charge >= 0.3 is 0 Å². The van der Waals surface area contributed by atoms with Crippen LogP contribution in [0.2, 0.25) is 0 Å². The third-order valence-electron chi connectivity index (χ3n) is 3.85. The molecule has 0 radical (unpaired) electrons. The van der Waals surface area contributed by atoms with Crippen molar-refractivity contribution in [2.75, 3.05) is 32.4 Å². The lowest BCUT2D eigenvalue weighted by Gasteiger charge is -2.55. The van der Waals surface area contributed by atoms with E-state index in [1.54, 1.807) is 0 Å². The Kier molecular flexibility index (Phi) is 3.10. The summed E-state index contributed by atoms with van der Waals surface area (Å²) in [4.78, 5) is 2.61. The van der Waals surface area contributed by atoms with Crippen molar-refractivity contribution in [1.29, 1.82) is 0 Å². The summed E-state index contributed by atoms with van der Waals surface area (Å²) >= 11 is 1.91. The van der Waals surface area contributed by atoms with Crippen molar-refractivity contribution in [3.05, 3.63) is 0 Å². The van der Waals surface area contributed by atoms with Crippen molar-refractivity contribution < 1.29 is 0 Å². The smallest absolute Gasteiger partial charge is 0.00954 e. The minimum atomic E-state index is 0.705. The van der Waals surface area contributed by atoms with Gasteiger partial charge in [-0.2, -0.15) is 0 Å². The minimum absolute atomic E-state index is 0.705. The number of piperidine rings is 1. The SMILES string of the molecule is CSN1CCC2(CC1)CN(C(C)C)C2. The average molecular weight is 214 g/mol. The molecule has 0 atom stereocenters. The van der Waals surface area contributed by atoms with Gasteiger partial charge < -0.3 is 0 Å². The van der Waals surface area contributed by atoms with Crippen LogP contribution in [0, 0.1) is 5.41 Å². The molecular weight excluding hydrogens is 192 g/mol. The number of nitrogens with zero attached hydrogens (tertiary/aromatic N) is 2. The summed E-state index contributed by atoms with van der Waals surface area (Å²) in [5.41, 5.74) is 0.705. The largest absolute Gasteiger partial charge is 0.300 e. The second-order valence-electron chi connectivity index (χ2n) is 5.11. The summed E-state index contributed by atoms with van der Waals surface area (Å²) in [7, 11) is 0. The van der Waals surface area contributed by atoms with Crippen molar-refractivity contribution in [2.45, 2.75) is 32.7 Å².